The first-order valence-corrected chi connectivity index (χ1v) is 25.2. The fraction of sp³-hybridized carbons (Fsp3) is 0.0571. The zero-order valence-electron chi connectivity index (χ0n) is 41.2. The summed E-state index contributed by atoms with van der Waals surface area (Å²) in [4.78, 5) is 7.30. The van der Waals surface area contributed by atoms with Gasteiger partial charge in [0.2, 0.25) is 0 Å². The third kappa shape index (κ3) is 8.66. The molecule has 3 nitrogen and oxygen atoms in total. The van der Waals surface area contributed by atoms with E-state index in [2.05, 4.69) is 302 Å². The number of nitrogens with zero attached hydrogens (tertiary/aromatic N) is 3. The van der Waals surface area contributed by atoms with Crippen molar-refractivity contribution in [1.29, 1.82) is 0 Å². The molecular formula is C70H55N3. The maximum atomic E-state index is 5.02. The van der Waals surface area contributed by atoms with Crippen molar-refractivity contribution in [2.45, 2.75) is 19.3 Å². The van der Waals surface area contributed by atoms with Crippen LogP contribution in [0.15, 0.2) is 285 Å². The highest BCUT2D eigenvalue weighted by atomic mass is 15.2. The van der Waals surface area contributed by atoms with Crippen LogP contribution in [0.4, 0.5) is 39.8 Å². The number of anilines is 7. The quantitative estimate of drug-likeness (QED) is 0.135. The van der Waals surface area contributed by atoms with E-state index in [1.807, 2.05) is 0 Å². The summed E-state index contributed by atoms with van der Waals surface area (Å²) in [6.07, 6.45) is 6.89. The number of benzene rings is 10. The molecule has 73 heavy (non-hydrogen) atoms. The Morgan fingerprint density at radius 2 is 0.753 bits per heavy atom. The highest BCUT2D eigenvalue weighted by Gasteiger charge is 2.39. The van der Waals surface area contributed by atoms with Gasteiger partial charge in [-0.2, -0.15) is 0 Å². The number of hydrogen-bond acceptors (Lipinski definition) is 3. The second-order valence-electron chi connectivity index (χ2n) is 19.5. The molecule has 12 rings (SSSR count). The molecule has 0 saturated heterocycles. The summed E-state index contributed by atoms with van der Waals surface area (Å²) in [7, 11) is 0. The molecule has 0 saturated carbocycles. The fourth-order valence-electron chi connectivity index (χ4n) is 10.8. The van der Waals surface area contributed by atoms with E-state index in [1.54, 1.807) is 0 Å². The van der Waals surface area contributed by atoms with Crippen LogP contribution in [0.3, 0.4) is 0 Å². The highest BCUT2D eigenvalue weighted by molar-refractivity contribution is 5.95. The van der Waals surface area contributed by atoms with Gasteiger partial charge in [0, 0.05) is 57.3 Å². The lowest BCUT2D eigenvalue weighted by Crippen LogP contribution is -2.34. The van der Waals surface area contributed by atoms with Crippen LogP contribution in [0.25, 0.3) is 50.1 Å². The topological polar surface area (TPSA) is 9.72 Å². The van der Waals surface area contributed by atoms with Crippen LogP contribution in [-0.4, -0.2) is 6.54 Å². The Balaban J connectivity index is 1.04. The van der Waals surface area contributed by atoms with Crippen molar-refractivity contribution in [3.8, 4) is 44.5 Å². The number of rotatable bonds is 10. The lowest BCUT2D eigenvalue weighted by atomic mass is 9.72. The van der Waals surface area contributed by atoms with Gasteiger partial charge in [0.1, 0.15) is 0 Å². The van der Waals surface area contributed by atoms with Crippen molar-refractivity contribution in [2.75, 3.05) is 21.2 Å². The van der Waals surface area contributed by atoms with E-state index in [0.717, 1.165) is 45.3 Å². The summed E-state index contributed by atoms with van der Waals surface area (Å²) in [6, 6.07) is 92.1. The first-order valence-electron chi connectivity index (χ1n) is 25.2. The van der Waals surface area contributed by atoms with Gasteiger partial charge in [0.05, 0.1) is 5.69 Å². The Hall–Kier alpha value is -9.18. The van der Waals surface area contributed by atoms with Crippen LogP contribution in [0, 0.1) is 0 Å². The number of allylic oxidation sites excluding steroid dienone is 3. The summed E-state index contributed by atoms with van der Waals surface area (Å²) >= 11 is 0. The second-order valence-corrected chi connectivity index (χ2v) is 19.5. The first kappa shape index (κ1) is 45.0. The Kier molecular flexibility index (Phi) is 11.8. The maximum absolute atomic E-state index is 5.02. The molecule has 0 fully saturated rings. The van der Waals surface area contributed by atoms with Crippen molar-refractivity contribution in [2.24, 2.45) is 0 Å². The molecular weight excluding hydrogens is 883 g/mol. The summed E-state index contributed by atoms with van der Waals surface area (Å²) in [5.41, 5.74) is 22.4. The van der Waals surface area contributed by atoms with Gasteiger partial charge in [-0.05, 0) is 140 Å². The molecule has 10 aromatic rings. The zero-order valence-corrected chi connectivity index (χ0v) is 41.2. The Morgan fingerprint density at radius 1 is 0.384 bits per heavy atom. The molecule has 2 aliphatic heterocycles. The average molecular weight is 938 g/mol. The van der Waals surface area contributed by atoms with Crippen molar-refractivity contribution in [3.05, 3.63) is 302 Å². The molecule has 2 heterocycles. The summed E-state index contributed by atoms with van der Waals surface area (Å²) in [5.74, 6) is 0. The van der Waals surface area contributed by atoms with E-state index in [0.29, 0.717) is 6.54 Å². The van der Waals surface area contributed by atoms with Gasteiger partial charge in [0.25, 0.3) is 0 Å². The predicted octanol–water partition coefficient (Wildman–Crippen LogP) is 18.9. The molecule has 0 amide bonds. The van der Waals surface area contributed by atoms with Gasteiger partial charge in [0.15, 0.2) is 0 Å². The minimum absolute atomic E-state index is 0.342. The molecule has 0 spiro atoms. The molecule has 0 aromatic heterocycles. The van der Waals surface area contributed by atoms with E-state index < -0.39 is 0 Å². The van der Waals surface area contributed by atoms with E-state index >= 15 is 0 Å². The van der Waals surface area contributed by atoms with Crippen molar-refractivity contribution in [3.63, 3.8) is 0 Å². The largest absolute Gasteiger partial charge is 0.337 e. The third-order valence-corrected chi connectivity index (χ3v) is 14.6. The Morgan fingerprint density at radius 3 is 1.18 bits per heavy atom. The monoisotopic (exact) mass is 937 g/mol. The smallest absolute Gasteiger partial charge is 0.0536 e. The highest BCUT2D eigenvalue weighted by Crippen LogP contribution is 2.54. The molecule has 0 bridgehead atoms. The van der Waals surface area contributed by atoms with Gasteiger partial charge in [-0.3, -0.25) is 0 Å². The lowest BCUT2D eigenvalue weighted by Gasteiger charge is -2.43. The third-order valence-electron chi connectivity index (χ3n) is 14.6. The van der Waals surface area contributed by atoms with Crippen molar-refractivity contribution < 1.29 is 0 Å². The zero-order chi connectivity index (χ0) is 49.3. The van der Waals surface area contributed by atoms with Crippen LogP contribution in [-0.2, 0) is 5.41 Å². The molecule has 0 radical (unpaired) electrons. The van der Waals surface area contributed by atoms with Crippen LogP contribution < -0.4 is 14.7 Å². The van der Waals surface area contributed by atoms with E-state index in [-0.39, 0.29) is 5.41 Å². The lowest BCUT2D eigenvalue weighted by molar-refractivity contribution is 0.627. The normalized spacial score (nSPS) is 14.6. The predicted molar refractivity (Wildman–Crippen MR) is 310 cm³/mol. The first-order chi connectivity index (χ1) is 35.9. The Bertz CT molecular complexity index is 3470. The Labute approximate surface area is 430 Å². The van der Waals surface area contributed by atoms with Crippen LogP contribution in [0.1, 0.15) is 30.5 Å². The number of fused-ring (bicyclic) bond motifs is 2. The second kappa shape index (κ2) is 19.2. The van der Waals surface area contributed by atoms with Gasteiger partial charge >= 0.3 is 0 Å². The average Bonchev–Trinajstić information content (AvgIpc) is 3.52. The number of hydrogen-bond donors (Lipinski definition) is 0. The fourth-order valence-corrected chi connectivity index (χ4v) is 10.8. The molecule has 2 aliphatic rings. The van der Waals surface area contributed by atoms with Crippen LogP contribution in [0.5, 0.6) is 0 Å². The maximum Gasteiger partial charge on any atom is 0.0536 e. The molecule has 0 unspecified atom stereocenters. The van der Waals surface area contributed by atoms with E-state index in [4.69, 9.17) is 6.58 Å². The van der Waals surface area contributed by atoms with E-state index in [9.17, 15) is 0 Å². The molecule has 0 aliphatic carbocycles. The summed E-state index contributed by atoms with van der Waals surface area (Å²) in [6.45, 7) is 10.4. The van der Waals surface area contributed by atoms with Crippen molar-refractivity contribution >= 4 is 45.4 Å². The minimum Gasteiger partial charge on any atom is -0.337 e. The van der Waals surface area contributed by atoms with Gasteiger partial charge < -0.3 is 14.7 Å². The molecule has 3 heteroatoms. The molecule has 350 valence electrons. The summed E-state index contributed by atoms with van der Waals surface area (Å²) in [5, 5.41) is 0. The molecule has 0 N–H and O–H groups in total. The minimum atomic E-state index is -0.342. The summed E-state index contributed by atoms with van der Waals surface area (Å²) < 4.78 is 0. The van der Waals surface area contributed by atoms with Crippen molar-refractivity contribution in [1.82, 2.24) is 0 Å². The van der Waals surface area contributed by atoms with Gasteiger partial charge in [-0.25, -0.2) is 0 Å². The van der Waals surface area contributed by atoms with E-state index in [1.165, 1.54) is 67.0 Å². The van der Waals surface area contributed by atoms with Crippen LogP contribution >= 0.6 is 0 Å². The van der Waals surface area contributed by atoms with Gasteiger partial charge in [-0.1, -0.05) is 215 Å². The number of para-hydroxylation sites is 1. The van der Waals surface area contributed by atoms with Crippen LogP contribution in [0.2, 0.25) is 0 Å². The van der Waals surface area contributed by atoms with Gasteiger partial charge in [-0.15, -0.1) is 0 Å². The SMILES string of the molecule is C=C1/C=C(N(c2ccc(-c3ccccc3)cc2)c2ccc(-c3ccccc3)cc2)\C=C/CN2c3ccccc3C(C)(C)c3cc(N(c4ccc(-c5ccccc5)cc4)c4ccc(-c5ccccc5)cc4)cc1c32. The standard InChI is InChI=1S/C70H55N3/c1-50-47-63(72(59-38-30-55(31-39-59)51-19-8-4-9-20-51)60-40-32-56(33-41-60)52-21-10-5-11-22-52)27-18-46-71-68-29-17-16-28-66(68)70(2,3)67-49-64(48-65(50)69(67)71)73(61-42-34-57(35-43-61)53-23-12-6-13-24-53)62-44-36-58(37-45-62)54-25-14-7-15-26-54/h4-45,47-49H,1,46H2,2-3H3/b27-18-,63-47+. The molecule has 0 atom stereocenters. The molecule has 10 aromatic carbocycles.